The highest BCUT2D eigenvalue weighted by molar-refractivity contribution is 6.20. The summed E-state index contributed by atoms with van der Waals surface area (Å²) in [5.74, 6) is 0.163. The summed E-state index contributed by atoms with van der Waals surface area (Å²) in [6.07, 6.45) is 2.76. The monoisotopic (exact) mass is 219 g/mol. The maximum atomic E-state index is 11.5. The standard InChI is InChI=1S/C10H18ClNO2/c1-8(11)4-5-12-10(13)9-3-2-6-14-7-9/h8-9H,2-7H2,1H3,(H,12,13). The van der Waals surface area contributed by atoms with Crippen molar-refractivity contribution in [3.8, 4) is 0 Å². The van der Waals surface area contributed by atoms with Gasteiger partial charge in [0.2, 0.25) is 5.91 Å². The Morgan fingerprint density at radius 1 is 1.71 bits per heavy atom. The highest BCUT2D eigenvalue weighted by Crippen LogP contribution is 2.13. The van der Waals surface area contributed by atoms with Crippen LogP contribution in [0.3, 0.4) is 0 Å². The second-order valence-electron chi connectivity index (χ2n) is 3.77. The van der Waals surface area contributed by atoms with Crippen molar-refractivity contribution < 1.29 is 9.53 Å². The van der Waals surface area contributed by atoms with Crippen LogP contribution >= 0.6 is 11.6 Å². The normalized spacial score (nSPS) is 24.3. The summed E-state index contributed by atoms with van der Waals surface area (Å²) in [4.78, 5) is 11.5. The predicted molar refractivity (Wildman–Crippen MR) is 56.5 cm³/mol. The van der Waals surface area contributed by atoms with Crippen LogP contribution in [0, 0.1) is 5.92 Å². The average Bonchev–Trinajstić information content (AvgIpc) is 2.18. The first-order valence-corrected chi connectivity index (χ1v) is 5.63. The predicted octanol–water partition coefficient (Wildman–Crippen LogP) is 1.55. The number of carbonyl (C=O) groups excluding carboxylic acids is 1. The van der Waals surface area contributed by atoms with Gasteiger partial charge in [-0.05, 0) is 26.2 Å². The molecule has 1 aliphatic heterocycles. The fourth-order valence-corrected chi connectivity index (χ4v) is 1.60. The zero-order valence-corrected chi connectivity index (χ0v) is 9.35. The Hall–Kier alpha value is -0.280. The Bertz CT molecular complexity index is 179. The quantitative estimate of drug-likeness (QED) is 0.729. The van der Waals surface area contributed by atoms with E-state index in [0.29, 0.717) is 13.2 Å². The molecule has 1 rings (SSSR count). The third-order valence-electron chi connectivity index (χ3n) is 2.37. The lowest BCUT2D eigenvalue weighted by Gasteiger charge is -2.21. The summed E-state index contributed by atoms with van der Waals surface area (Å²) in [6, 6.07) is 0. The van der Waals surface area contributed by atoms with Crippen molar-refractivity contribution in [1.82, 2.24) is 5.32 Å². The molecule has 3 nitrogen and oxygen atoms in total. The summed E-state index contributed by atoms with van der Waals surface area (Å²) < 4.78 is 5.24. The molecule has 1 fully saturated rings. The molecule has 1 saturated heterocycles. The smallest absolute Gasteiger partial charge is 0.225 e. The van der Waals surface area contributed by atoms with E-state index in [2.05, 4.69) is 5.32 Å². The maximum absolute atomic E-state index is 11.5. The molecule has 1 aliphatic rings. The molecule has 0 aromatic rings. The Balaban J connectivity index is 2.13. The summed E-state index contributed by atoms with van der Waals surface area (Å²) in [7, 11) is 0. The van der Waals surface area contributed by atoms with Crippen LogP contribution < -0.4 is 5.32 Å². The van der Waals surface area contributed by atoms with Crippen molar-refractivity contribution in [3.63, 3.8) is 0 Å². The first-order chi connectivity index (χ1) is 6.70. The molecule has 2 unspecified atom stereocenters. The van der Waals surface area contributed by atoms with Gasteiger partial charge in [0.1, 0.15) is 0 Å². The molecule has 14 heavy (non-hydrogen) atoms. The zero-order valence-electron chi connectivity index (χ0n) is 8.59. The van der Waals surface area contributed by atoms with E-state index in [-0.39, 0.29) is 17.2 Å². The number of ether oxygens (including phenoxy) is 1. The van der Waals surface area contributed by atoms with Crippen LogP contribution in [0.5, 0.6) is 0 Å². The van der Waals surface area contributed by atoms with Gasteiger partial charge in [-0.2, -0.15) is 0 Å². The average molecular weight is 220 g/mol. The molecule has 0 aromatic heterocycles. The minimum absolute atomic E-state index is 0.0504. The van der Waals surface area contributed by atoms with Crippen LogP contribution in [0.15, 0.2) is 0 Å². The van der Waals surface area contributed by atoms with Gasteiger partial charge in [0.05, 0.1) is 12.5 Å². The van der Waals surface area contributed by atoms with Crippen molar-refractivity contribution in [2.45, 2.75) is 31.6 Å². The number of nitrogens with one attached hydrogen (secondary N) is 1. The van der Waals surface area contributed by atoms with E-state index in [4.69, 9.17) is 16.3 Å². The summed E-state index contributed by atoms with van der Waals surface area (Å²) >= 11 is 5.77. The van der Waals surface area contributed by atoms with Gasteiger partial charge in [-0.3, -0.25) is 4.79 Å². The molecule has 0 aliphatic carbocycles. The van der Waals surface area contributed by atoms with Crippen LogP contribution in [0.25, 0.3) is 0 Å². The van der Waals surface area contributed by atoms with E-state index in [0.717, 1.165) is 25.9 Å². The number of alkyl halides is 1. The van der Waals surface area contributed by atoms with Crippen molar-refractivity contribution in [1.29, 1.82) is 0 Å². The van der Waals surface area contributed by atoms with Gasteiger partial charge < -0.3 is 10.1 Å². The van der Waals surface area contributed by atoms with Gasteiger partial charge in [0, 0.05) is 18.5 Å². The van der Waals surface area contributed by atoms with E-state index in [1.165, 1.54) is 0 Å². The molecule has 4 heteroatoms. The third kappa shape index (κ3) is 4.29. The number of rotatable bonds is 4. The van der Waals surface area contributed by atoms with Gasteiger partial charge in [-0.15, -0.1) is 11.6 Å². The van der Waals surface area contributed by atoms with Crippen molar-refractivity contribution in [3.05, 3.63) is 0 Å². The first-order valence-electron chi connectivity index (χ1n) is 5.19. The second kappa shape index (κ2) is 6.25. The van der Waals surface area contributed by atoms with Crippen LogP contribution in [0.4, 0.5) is 0 Å². The molecular formula is C10H18ClNO2. The highest BCUT2D eigenvalue weighted by atomic mass is 35.5. The number of hydrogen-bond acceptors (Lipinski definition) is 2. The number of carbonyl (C=O) groups is 1. The molecule has 0 saturated carbocycles. The van der Waals surface area contributed by atoms with E-state index in [9.17, 15) is 4.79 Å². The van der Waals surface area contributed by atoms with Crippen molar-refractivity contribution >= 4 is 17.5 Å². The topological polar surface area (TPSA) is 38.3 Å². The molecule has 0 radical (unpaired) electrons. The molecule has 0 bridgehead atoms. The number of hydrogen-bond donors (Lipinski definition) is 1. The zero-order chi connectivity index (χ0) is 10.4. The van der Waals surface area contributed by atoms with E-state index < -0.39 is 0 Å². The lowest BCUT2D eigenvalue weighted by Crippen LogP contribution is -2.36. The largest absolute Gasteiger partial charge is 0.381 e. The summed E-state index contributed by atoms with van der Waals surface area (Å²) in [6.45, 7) is 3.96. The molecule has 1 heterocycles. The van der Waals surface area contributed by atoms with Crippen LogP contribution in [0.2, 0.25) is 0 Å². The molecule has 1 N–H and O–H groups in total. The molecule has 82 valence electrons. The van der Waals surface area contributed by atoms with Crippen LogP contribution in [0.1, 0.15) is 26.2 Å². The number of halogens is 1. The number of amides is 1. The van der Waals surface area contributed by atoms with E-state index in [1.54, 1.807) is 0 Å². The molecule has 1 amide bonds. The molecule has 2 atom stereocenters. The minimum Gasteiger partial charge on any atom is -0.381 e. The highest BCUT2D eigenvalue weighted by Gasteiger charge is 2.21. The van der Waals surface area contributed by atoms with Gasteiger partial charge >= 0.3 is 0 Å². The van der Waals surface area contributed by atoms with E-state index >= 15 is 0 Å². The third-order valence-corrected chi connectivity index (χ3v) is 2.59. The van der Waals surface area contributed by atoms with Gasteiger partial charge in [-0.25, -0.2) is 0 Å². The Morgan fingerprint density at radius 3 is 3.07 bits per heavy atom. The van der Waals surface area contributed by atoms with Crippen molar-refractivity contribution in [2.75, 3.05) is 19.8 Å². The van der Waals surface area contributed by atoms with Crippen LogP contribution in [-0.4, -0.2) is 31.0 Å². The summed E-state index contributed by atoms with van der Waals surface area (Å²) in [5.41, 5.74) is 0. The Morgan fingerprint density at radius 2 is 2.50 bits per heavy atom. The molecular weight excluding hydrogens is 202 g/mol. The Labute approximate surface area is 90.1 Å². The summed E-state index contributed by atoms with van der Waals surface area (Å²) in [5, 5.41) is 3.00. The van der Waals surface area contributed by atoms with Crippen LogP contribution in [-0.2, 0) is 9.53 Å². The molecule has 0 spiro atoms. The van der Waals surface area contributed by atoms with E-state index in [1.807, 2.05) is 6.92 Å². The Kier molecular flexibility index (Phi) is 5.26. The lowest BCUT2D eigenvalue weighted by atomic mass is 10.0. The lowest BCUT2D eigenvalue weighted by molar-refractivity contribution is -0.128. The fraction of sp³-hybridized carbons (Fsp3) is 0.900. The minimum atomic E-state index is 0.0504. The maximum Gasteiger partial charge on any atom is 0.225 e. The van der Waals surface area contributed by atoms with Gasteiger partial charge in [-0.1, -0.05) is 0 Å². The second-order valence-corrected chi connectivity index (χ2v) is 4.52. The fourth-order valence-electron chi connectivity index (χ4n) is 1.49. The van der Waals surface area contributed by atoms with Gasteiger partial charge in [0.25, 0.3) is 0 Å². The molecule has 0 aromatic carbocycles. The van der Waals surface area contributed by atoms with Gasteiger partial charge in [0.15, 0.2) is 0 Å². The van der Waals surface area contributed by atoms with Crippen molar-refractivity contribution in [2.24, 2.45) is 5.92 Å². The first kappa shape index (κ1) is 11.8. The SMILES string of the molecule is CC(Cl)CCNC(=O)C1CCCOC1.